The van der Waals surface area contributed by atoms with Crippen molar-refractivity contribution in [1.29, 1.82) is 0 Å². The van der Waals surface area contributed by atoms with Crippen molar-refractivity contribution in [2.45, 2.75) is 95.6 Å². The lowest BCUT2D eigenvalue weighted by molar-refractivity contribution is 0.442. The van der Waals surface area contributed by atoms with Crippen molar-refractivity contribution in [3.05, 3.63) is 0 Å². The number of hydrogen-bond donors (Lipinski definition) is 2. The molecule has 0 bridgehead atoms. The average molecular weight is 387 g/mol. The van der Waals surface area contributed by atoms with Gasteiger partial charge in [-0.3, -0.25) is 9.11 Å². The van der Waals surface area contributed by atoms with Crippen LogP contribution in [0.1, 0.15) is 90.4 Å². The van der Waals surface area contributed by atoms with Crippen LogP contribution in [-0.4, -0.2) is 36.9 Å². The maximum absolute atomic E-state index is 11.4. The van der Waals surface area contributed by atoms with E-state index in [0.717, 1.165) is 32.1 Å². The van der Waals surface area contributed by atoms with E-state index in [-0.39, 0.29) is 5.75 Å². The summed E-state index contributed by atoms with van der Waals surface area (Å²) in [7, 11) is -7.87. The van der Waals surface area contributed by atoms with E-state index in [9.17, 15) is 21.4 Å². The summed E-state index contributed by atoms with van der Waals surface area (Å²) in [5.74, 6) is -0.224. The number of rotatable bonds is 16. The standard InChI is InChI=1S/C16H34O6S2/c1-2-3-4-5-7-10-13-16(24(20,21)22)14-11-8-6-9-12-15-23(17,18)19/h16H,2-15H2,1H3,(H,17,18,19)(H,20,21,22). The summed E-state index contributed by atoms with van der Waals surface area (Å²) in [4.78, 5) is 0. The minimum atomic E-state index is -3.99. The minimum absolute atomic E-state index is 0.224. The van der Waals surface area contributed by atoms with Crippen LogP contribution in [0.3, 0.4) is 0 Å². The van der Waals surface area contributed by atoms with E-state index >= 15 is 0 Å². The molecule has 0 amide bonds. The highest BCUT2D eigenvalue weighted by Crippen LogP contribution is 2.19. The summed E-state index contributed by atoms with van der Waals surface area (Å²) in [5, 5.41) is -0.679. The highest BCUT2D eigenvalue weighted by atomic mass is 32.2. The van der Waals surface area contributed by atoms with E-state index in [4.69, 9.17) is 4.55 Å². The topological polar surface area (TPSA) is 109 Å². The fourth-order valence-electron chi connectivity index (χ4n) is 2.78. The molecule has 2 N–H and O–H groups in total. The highest BCUT2D eigenvalue weighted by Gasteiger charge is 2.21. The second-order valence-electron chi connectivity index (χ2n) is 6.54. The first-order chi connectivity index (χ1) is 11.2. The molecule has 0 fully saturated rings. The van der Waals surface area contributed by atoms with Gasteiger partial charge in [0, 0.05) is 0 Å². The molecule has 0 aliphatic rings. The van der Waals surface area contributed by atoms with Gasteiger partial charge >= 0.3 is 0 Å². The van der Waals surface area contributed by atoms with E-state index in [1.54, 1.807) is 0 Å². The van der Waals surface area contributed by atoms with Gasteiger partial charge in [-0.1, -0.05) is 71.1 Å². The second-order valence-corrected chi connectivity index (χ2v) is 9.80. The Hall–Kier alpha value is -0.180. The molecule has 8 heteroatoms. The predicted molar refractivity (Wildman–Crippen MR) is 97.4 cm³/mol. The summed E-state index contributed by atoms with van der Waals surface area (Å²) in [6, 6.07) is 0. The molecule has 0 aromatic carbocycles. The maximum Gasteiger partial charge on any atom is 0.267 e. The molecule has 0 aromatic rings. The van der Waals surface area contributed by atoms with E-state index in [1.807, 2.05) is 0 Å². The van der Waals surface area contributed by atoms with E-state index in [0.29, 0.717) is 32.1 Å². The van der Waals surface area contributed by atoms with Crippen molar-refractivity contribution in [1.82, 2.24) is 0 Å². The molecule has 0 spiro atoms. The SMILES string of the molecule is CCCCCCCCC(CCCCCCCS(=O)(=O)O)S(=O)(=O)O. The Morgan fingerprint density at radius 1 is 0.667 bits per heavy atom. The lowest BCUT2D eigenvalue weighted by atomic mass is 10.0. The molecule has 0 aliphatic heterocycles. The van der Waals surface area contributed by atoms with Gasteiger partial charge in [0.2, 0.25) is 0 Å². The van der Waals surface area contributed by atoms with Crippen molar-refractivity contribution in [2.75, 3.05) is 5.75 Å². The highest BCUT2D eigenvalue weighted by molar-refractivity contribution is 7.86. The lowest BCUT2D eigenvalue weighted by Crippen LogP contribution is -2.20. The first-order valence-corrected chi connectivity index (χ1v) is 12.2. The number of hydrogen-bond acceptors (Lipinski definition) is 4. The Balaban J connectivity index is 3.85. The Bertz CT molecular complexity index is 499. The normalized spacial score (nSPS) is 14.0. The quantitative estimate of drug-likeness (QED) is 0.304. The zero-order chi connectivity index (χ0) is 18.5. The van der Waals surface area contributed by atoms with Crippen LogP contribution in [0, 0.1) is 0 Å². The fourth-order valence-corrected chi connectivity index (χ4v) is 4.28. The molecule has 0 aromatic heterocycles. The van der Waals surface area contributed by atoms with Gasteiger partial charge in [0.25, 0.3) is 20.2 Å². The molecule has 6 nitrogen and oxygen atoms in total. The van der Waals surface area contributed by atoms with E-state index in [2.05, 4.69) is 6.92 Å². The first kappa shape index (κ1) is 23.8. The van der Waals surface area contributed by atoms with Gasteiger partial charge in [-0.25, -0.2) is 0 Å². The molecule has 146 valence electrons. The van der Waals surface area contributed by atoms with Crippen LogP contribution in [0.25, 0.3) is 0 Å². The fraction of sp³-hybridized carbons (Fsp3) is 1.00. The largest absolute Gasteiger partial charge is 0.286 e. The number of unbranched alkanes of at least 4 members (excludes halogenated alkanes) is 9. The third-order valence-corrected chi connectivity index (χ3v) is 6.35. The van der Waals surface area contributed by atoms with Crippen LogP contribution in [0.2, 0.25) is 0 Å². The van der Waals surface area contributed by atoms with Gasteiger partial charge in [-0.15, -0.1) is 0 Å². The van der Waals surface area contributed by atoms with E-state index < -0.39 is 25.5 Å². The third-order valence-electron chi connectivity index (χ3n) is 4.23. The molecule has 1 atom stereocenters. The maximum atomic E-state index is 11.4. The monoisotopic (exact) mass is 386 g/mol. The van der Waals surface area contributed by atoms with Gasteiger partial charge in [0.15, 0.2) is 0 Å². The van der Waals surface area contributed by atoms with Crippen LogP contribution < -0.4 is 0 Å². The molecule has 1 unspecified atom stereocenters. The molecule has 0 radical (unpaired) electrons. The summed E-state index contributed by atoms with van der Waals surface area (Å²) in [6.07, 6.45) is 10.9. The van der Waals surface area contributed by atoms with E-state index in [1.165, 1.54) is 19.3 Å². The van der Waals surface area contributed by atoms with Gasteiger partial charge < -0.3 is 0 Å². The van der Waals surface area contributed by atoms with Crippen LogP contribution in [-0.2, 0) is 20.2 Å². The van der Waals surface area contributed by atoms with Crippen LogP contribution in [0.15, 0.2) is 0 Å². The van der Waals surface area contributed by atoms with Crippen LogP contribution in [0.5, 0.6) is 0 Å². The first-order valence-electron chi connectivity index (χ1n) is 9.08. The summed E-state index contributed by atoms with van der Waals surface area (Å²) in [5.41, 5.74) is 0. The summed E-state index contributed by atoms with van der Waals surface area (Å²) >= 11 is 0. The van der Waals surface area contributed by atoms with Crippen molar-refractivity contribution < 1.29 is 25.9 Å². The molecular weight excluding hydrogens is 352 g/mol. The van der Waals surface area contributed by atoms with Gasteiger partial charge in [-0.05, 0) is 19.3 Å². The molecule has 0 heterocycles. The summed E-state index contributed by atoms with van der Waals surface area (Å²) in [6.45, 7) is 2.15. The summed E-state index contributed by atoms with van der Waals surface area (Å²) < 4.78 is 61.9. The van der Waals surface area contributed by atoms with Crippen molar-refractivity contribution in [2.24, 2.45) is 0 Å². The minimum Gasteiger partial charge on any atom is -0.286 e. The van der Waals surface area contributed by atoms with Crippen LogP contribution >= 0.6 is 0 Å². The van der Waals surface area contributed by atoms with Crippen molar-refractivity contribution >= 4 is 20.2 Å². The molecule has 24 heavy (non-hydrogen) atoms. The van der Waals surface area contributed by atoms with Crippen LogP contribution in [0.4, 0.5) is 0 Å². The molecular formula is C16H34O6S2. The van der Waals surface area contributed by atoms with Gasteiger partial charge in [0.1, 0.15) is 0 Å². The third kappa shape index (κ3) is 15.4. The molecule has 0 saturated heterocycles. The zero-order valence-corrected chi connectivity index (χ0v) is 16.5. The smallest absolute Gasteiger partial charge is 0.267 e. The Kier molecular flexibility index (Phi) is 13.0. The Labute approximate surface area is 147 Å². The molecule has 0 aliphatic carbocycles. The molecule has 0 rings (SSSR count). The van der Waals surface area contributed by atoms with Crippen molar-refractivity contribution in [3.63, 3.8) is 0 Å². The Morgan fingerprint density at radius 2 is 1.08 bits per heavy atom. The predicted octanol–water partition coefficient (Wildman–Crippen LogP) is 4.22. The zero-order valence-electron chi connectivity index (χ0n) is 14.8. The molecule has 0 saturated carbocycles. The second kappa shape index (κ2) is 13.1. The van der Waals surface area contributed by atoms with Crippen molar-refractivity contribution in [3.8, 4) is 0 Å². The van der Waals surface area contributed by atoms with Gasteiger partial charge in [-0.2, -0.15) is 16.8 Å². The lowest BCUT2D eigenvalue weighted by Gasteiger charge is -2.13. The average Bonchev–Trinajstić information content (AvgIpc) is 2.45. The Morgan fingerprint density at radius 3 is 1.50 bits per heavy atom. The van der Waals surface area contributed by atoms with Gasteiger partial charge in [0.05, 0.1) is 11.0 Å².